The molecule has 5 heteroatoms. The topological polar surface area (TPSA) is 56.1 Å². The standard InChI is InChI=1S/C13H14BrN3O/c1-16-11-3-2-9(7-15)4-12(11)17-8-10(6-14)5-13(17)18/h2-4,10,16H,5-6,8H2,1H3. The predicted molar refractivity (Wildman–Crippen MR) is 75.0 cm³/mol. The molecule has 2 rings (SSSR count). The summed E-state index contributed by atoms with van der Waals surface area (Å²) in [6, 6.07) is 7.46. The highest BCUT2D eigenvalue weighted by Gasteiger charge is 2.31. The number of carbonyl (C=O) groups is 1. The van der Waals surface area contributed by atoms with Crippen molar-refractivity contribution in [3.63, 3.8) is 0 Å². The summed E-state index contributed by atoms with van der Waals surface area (Å²) in [5.74, 6) is 0.457. The van der Waals surface area contributed by atoms with Crippen LogP contribution in [0.3, 0.4) is 0 Å². The van der Waals surface area contributed by atoms with Crippen LogP contribution in [0, 0.1) is 17.2 Å². The molecule has 1 aliphatic rings. The molecule has 1 heterocycles. The molecule has 0 saturated carbocycles. The largest absolute Gasteiger partial charge is 0.386 e. The lowest BCUT2D eigenvalue weighted by Crippen LogP contribution is -2.25. The van der Waals surface area contributed by atoms with Crippen LogP contribution in [-0.4, -0.2) is 24.8 Å². The number of alkyl halides is 1. The normalized spacial score (nSPS) is 18.8. The summed E-state index contributed by atoms with van der Waals surface area (Å²) in [6.45, 7) is 0.702. The number of anilines is 2. The van der Waals surface area contributed by atoms with Crippen LogP contribution < -0.4 is 10.2 Å². The maximum absolute atomic E-state index is 12.0. The molecule has 1 atom stereocenters. The fraction of sp³-hybridized carbons (Fsp3) is 0.385. The van der Waals surface area contributed by atoms with Gasteiger partial charge in [-0.3, -0.25) is 4.79 Å². The number of nitrogens with zero attached hydrogens (tertiary/aromatic N) is 2. The van der Waals surface area contributed by atoms with Gasteiger partial charge in [-0.15, -0.1) is 0 Å². The minimum atomic E-state index is 0.117. The molecule has 0 radical (unpaired) electrons. The Morgan fingerprint density at radius 1 is 1.61 bits per heavy atom. The number of rotatable bonds is 3. The monoisotopic (exact) mass is 307 g/mol. The first-order valence-corrected chi connectivity index (χ1v) is 6.90. The maximum atomic E-state index is 12.0. The van der Waals surface area contributed by atoms with E-state index in [4.69, 9.17) is 5.26 Å². The molecule has 1 unspecified atom stereocenters. The average molecular weight is 308 g/mol. The van der Waals surface area contributed by atoms with Crippen LogP contribution in [0.5, 0.6) is 0 Å². The summed E-state index contributed by atoms with van der Waals surface area (Å²) in [5.41, 5.74) is 2.24. The van der Waals surface area contributed by atoms with Gasteiger partial charge < -0.3 is 10.2 Å². The van der Waals surface area contributed by atoms with Crippen LogP contribution in [0.15, 0.2) is 18.2 Å². The van der Waals surface area contributed by atoms with Crippen molar-refractivity contribution in [1.29, 1.82) is 5.26 Å². The van der Waals surface area contributed by atoms with Crippen LogP contribution in [0.4, 0.5) is 11.4 Å². The molecule has 0 spiro atoms. The second-order valence-electron chi connectivity index (χ2n) is 4.32. The lowest BCUT2D eigenvalue weighted by Gasteiger charge is -2.20. The molecule has 18 heavy (non-hydrogen) atoms. The number of carbonyl (C=O) groups excluding carboxylic acids is 1. The maximum Gasteiger partial charge on any atom is 0.227 e. The minimum Gasteiger partial charge on any atom is -0.386 e. The van der Waals surface area contributed by atoms with E-state index in [1.54, 1.807) is 17.0 Å². The summed E-state index contributed by atoms with van der Waals surface area (Å²) in [7, 11) is 1.81. The highest BCUT2D eigenvalue weighted by molar-refractivity contribution is 9.09. The molecule has 0 bridgehead atoms. The summed E-state index contributed by atoms with van der Waals surface area (Å²) < 4.78 is 0. The molecule has 0 aromatic heterocycles. The van der Waals surface area contributed by atoms with E-state index in [2.05, 4.69) is 27.3 Å². The second-order valence-corrected chi connectivity index (χ2v) is 4.97. The van der Waals surface area contributed by atoms with Crippen LogP contribution in [0.1, 0.15) is 12.0 Å². The summed E-state index contributed by atoms with van der Waals surface area (Å²) >= 11 is 3.42. The van der Waals surface area contributed by atoms with Crippen molar-refractivity contribution in [2.75, 3.05) is 29.1 Å². The van der Waals surface area contributed by atoms with Gasteiger partial charge in [-0.25, -0.2) is 0 Å². The predicted octanol–water partition coefficient (Wildman–Crippen LogP) is 2.35. The number of amides is 1. The van der Waals surface area contributed by atoms with Gasteiger partial charge in [0.25, 0.3) is 0 Å². The van der Waals surface area contributed by atoms with E-state index in [1.165, 1.54) is 0 Å². The van der Waals surface area contributed by atoms with Crippen LogP contribution in [0.25, 0.3) is 0 Å². The smallest absolute Gasteiger partial charge is 0.227 e. The molecule has 94 valence electrons. The second kappa shape index (κ2) is 5.40. The Kier molecular flexibility index (Phi) is 3.87. The molecule has 1 fully saturated rings. The lowest BCUT2D eigenvalue weighted by atomic mass is 10.1. The molecule has 4 nitrogen and oxygen atoms in total. The Balaban J connectivity index is 2.38. The fourth-order valence-corrected chi connectivity index (χ4v) is 2.59. The zero-order chi connectivity index (χ0) is 13.1. The number of halogens is 1. The van der Waals surface area contributed by atoms with Crippen molar-refractivity contribution >= 4 is 33.2 Å². The lowest BCUT2D eigenvalue weighted by molar-refractivity contribution is -0.117. The van der Waals surface area contributed by atoms with E-state index in [9.17, 15) is 4.79 Å². The Hall–Kier alpha value is -1.54. The van der Waals surface area contributed by atoms with E-state index in [0.717, 1.165) is 16.7 Å². The Morgan fingerprint density at radius 2 is 2.39 bits per heavy atom. The highest BCUT2D eigenvalue weighted by Crippen LogP contribution is 2.32. The van der Waals surface area contributed by atoms with E-state index in [-0.39, 0.29) is 5.91 Å². The zero-order valence-corrected chi connectivity index (χ0v) is 11.7. The van der Waals surface area contributed by atoms with Gasteiger partial charge in [-0.1, -0.05) is 15.9 Å². The molecular weight excluding hydrogens is 294 g/mol. The number of hydrogen-bond donors (Lipinski definition) is 1. The molecule has 0 aliphatic carbocycles. The van der Waals surface area contributed by atoms with Crippen LogP contribution in [-0.2, 0) is 4.79 Å². The Morgan fingerprint density at radius 3 is 2.94 bits per heavy atom. The van der Waals surface area contributed by atoms with Crippen molar-refractivity contribution in [3.05, 3.63) is 23.8 Å². The van der Waals surface area contributed by atoms with Gasteiger partial charge in [0.05, 0.1) is 23.0 Å². The quantitative estimate of drug-likeness (QED) is 0.872. The van der Waals surface area contributed by atoms with Crippen molar-refractivity contribution in [1.82, 2.24) is 0 Å². The Bertz CT molecular complexity index is 509. The molecule has 1 N–H and O–H groups in total. The summed E-state index contributed by atoms with van der Waals surface area (Å²) in [4.78, 5) is 13.8. The van der Waals surface area contributed by atoms with Gasteiger partial charge in [0.2, 0.25) is 5.91 Å². The van der Waals surface area contributed by atoms with Crippen molar-refractivity contribution in [2.45, 2.75) is 6.42 Å². The highest BCUT2D eigenvalue weighted by atomic mass is 79.9. The van der Waals surface area contributed by atoms with Crippen LogP contribution >= 0.6 is 15.9 Å². The third-order valence-corrected chi connectivity index (χ3v) is 4.03. The van der Waals surface area contributed by atoms with Gasteiger partial charge in [0.1, 0.15) is 0 Å². The number of nitriles is 1. The minimum absolute atomic E-state index is 0.117. The molecule has 1 aromatic carbocycles. The van der Waals surface area contributed by atoms with Gasteiger partial charge in [-0.2, -0.15) is 5.26 Å². The molecular formula is C13H14BrN3O. The van der Waals surface area contributed by atoms with Gasteiger partial charge >= 0.3 is 0 Å². The molecule has 1 saturated heterocycles. The van der Waals surface area contributed by atoms with Gasteiger partial charge in [0.15, 0.2) is 0 Å². The first-order chi connectivity index (χ1) is 8.69. The number of nitrogens with one attached hydrogen (secondary N) is 1. The number of benzene rings is 1. The molecule has 1 amide bonds. The van der Waals surface area contributed by atoms with Crippen molar-refractivity contribution in [2.24, 2.45) is 5.92 Å². The molecule has 1 aromatic rings. The van der Waals surface area contributed by atoms with E-state index >= 15 is 0 Å². The van der Waals surface area contributed by atoms with Gasteiger partial charge in [-0.05, 0) is 24.1 Å². The van der Waals surface area contributed by atoms with Crippen molar-refractivity contribution < 1.29 is 4.79 Å². The van der Waals surface area contributed by atoms with E-state index in [1.807, 2.05) is 13.1 Å². The third kappa shape index (κ3) is 2.34. The summed E-state index contributed by atoms with van der Waals surface area (Å²) in [6.07, 6.45) is 0.561. The van der Waals surface area contributed by atoms with Crippen molar-refractivity contribution in [3.8, 4) is 6.07 Å². The first kappa shape index (κ1) is 12.9. The van der Waals surface area contributed by atoms with E-state index < -0.39 is 0 Å². The number of hydrogen-bond acceptors (Lipinski definition) is 3. The summed E-state index contributed by atoms with van der Waals surface area (Å²) in [5, 5.41) is 12.8. The SMILES string of the molecule is CNc1ccc(C#N)cc1N1CC(CBr)CC1=O. The van der Waals surface area contributed by atoms with E-state index in [0.29, 0.717) is 24.4 Å². The van der Waals surface area contributed by atoms with Crippen LogP contribution in [0.2, 0.25) is 0 Å². The Labute approximate surface area is 115 Å². The fourth-order valence-electron chi connectivity index (χ4n) is 2.15. The van der Waals surface area contributed by atoms with Gasteiger partial charge in [0, 0.05) is 25.3 Å². The first-order valence-electron chi connectivity index (χ1n) is 5.77. The third-order valence-electron chi connectivity index (χ3n) is 3.11. The molecule has 1 aliphatic heterocycles. The zero-order valence-electron chi connectivity index (χ0n) is 10.1. The average Bonchev–Trinajstić information content (AvgIpc) is 2.79.